The van der Waals surface area contributed by atoms with Crippen LogP contribution in [0.3, 0.4) is 0 Å². The average Bonchev–Trinajstić information content (AvgIpc) is 3.91. The zero-order chi connectivity index (χ0) is 39.2. The minimum atomic E-state index is -0.297. The molecule has 59 heavy (non-hydrogen) atoms. The van der Waals surface area contributed by atoms with Crippen molar-refractivity contribution in [3.8, 4) is 62.1 Å². The van der Waals surface area contributed by atoms with E-state index in [0.29, 0.717) is 17.5 Å². The highest BCUT2D eigenvalue weighted by molar-refractivity contribution is 6.11. The van der Waals surface area contributed by atoms with Gasteiger partial charge in [0.1, 0.15) is 11.2 Å². The van der Waals surface area contributed by atoms with E-state index < -0.39 is 0 Å². The fourth-order valence-electron chi connectivity index (χ4n) is 9.54. The van der Waals surface area contributed by atoms with Crippen LogP contribution in [-0.2, 0) is 5.41 Å². The molecule has 1 aliphatic carbocycles. The maximum atomic E-state index is 6.32. The maximum Gasteiger partial charge on any atom is 0.164 e. The highest BCUT2D eigenvalue weighted by Crippen LogP contribution is 2.55. The number of furan rings is 1. The molecule has 0 fully saturated rings. The molecule has 12 rings (SSSR count). The minimum Gasteiger partial charge on any atom is -0.456 e. The third kappa shape index (κ3) is 5.08. The van der Waals surface area contributed by atoms with Gasteiger partial charge in [0.2, 0.25) is 0 Å². The van der Waals surface area contributed by atoms with Crippen LogP contribution < -0.4 is 0 Å². The predicted molar refractivity (Wildman–Crippen MR) is 241 cm³/mol. The van der Waals surface area contributed by atoms with Crippen molar-refractivity contribution in [3.05, 3.63) is 193 Å². The molecular formula is C54H36N4O. The number of nitrogens with zero attached hydrogens (tertiary/aromatic N) is 4. The molecule has 5 heteroatoms. The van der Waals surface area contributed by atoms with Gasteiger partial charge >= 0.3 is 0 Å². The van der Waals surface area contributed by atoms with Crippen LogP contribution in [0.4, 0.5) is 0 Å². The molecule has 0 N–H and O–H groups in total. The van der Waals surface area contributed by atoms with E-state index in [2.05, 4.69) is 164 Å². The van der Waals surface area contributed by atoms with Gasteiger partial charge in [-0.25, -0.2) is 15.0 Å². The summed E-state index contributed by atoms with van der Waals surface area (Å²) in [5.74, 6) is 1.86. The fraction of sp³-hybridized carbons (Fsp3) is 0.0556. The SMILES string of the molecule is CC1(C)c2ccccc2-c2c(-c3nc(-c4ccccc4)nc(-c4ccc5c(c4)oc4ccccc45)n3)ccc(-c3ccc4c(c3)c3ccccc3n4-c3ccccc3)c21. The molecule has 0 radical (unpaired) electrons. The summed E-state index contributed by atoms with van der Waals surface area (Å²) in [6.45, 7) is 4.70. The standard InChI is InChI=1S/C54H36N4O/c1-54(2)44-22-12-9-21-41(44)49-42(29-28-37(50(49)54)34-26-30-46-43(31-34)38-19-10-13-23-45(38)58(46)36-17-7-4-8-18-36)53-56-51(33-15-5-3-6-16-33)55-52(57-53)35-25-27-40-39-20-11-14-24-47(39)59-48(40)32-35/h3-32H,1-2H3. The van der Waals surface area contributed by atoms with Gasteiger partial charge in [0.05, 0.1) is 11.0 Å². The summed E-state index contributed by atoms with van der Waals surface area (Å²) in [7, 11) is 0. The van der Waals surface area contributed by atoms with Crippen molar-refractivity contribution in [2.75, 3.05) is 0 Å². The molecule has 11 aromatic rings. The van der Waals surface area contributed by atoms with Gasteiger partial charge in [-0.1, -0.05) is 141 Å². The molecule has 278 valence electrons. The van der Waals surface area contributed by atoms with E-state index in [4.69, 9.17) is 19.4 Å². The lowest BCUT2D eigenvalue weighted by molar-refractivity contribution is 0.662. The molecule has 0 unspecified atom stereocenters. The van der Waals surface area contributed by atoms with Gasteiger partial charge in [-0.3, -0.25) is 0 Å². The normalized spacial score (nSPS) is 13.1. The van der Waals surface area contributed by atoms with Crippen LogP contribution in [0.15, 0.2) is 186 Å². The lowest BCUT2D eigenvalue weighted by Gasteiger charge is -2.25. The van der Waals surface area contributed by atoms with Crippen LogP contribution in [0.5, 0.6) is 0 Å². The van der Waals surface area contributed by atoms with Gasteiger partial charge in [-0.15, -0.1) is 0 Å². The number of rotatable bonds is 5. The molecule has 0 saturated carbocycles. The third-order valence-corrected chi connectivity index (χ3v) is 12.2. The zero-order valence-corrected chi connectivity index (χ0v) is 32.5. The van der Waals surface area contributed by atoms with E-state index in [-0.39, 0.29) is 5.41 Å². The van der Waals surface area contributed by atoms with Crippen LogP contribution in [0.1, 0.15) is 25.0 Å². The van der Waals surface area contributed by atoms with Crippen molar-refractivity contribution in [3.63, 3.8) is 0 Å². The zero-order valence-electron chi connectivity index (χ0n) is 32.5. The summed E-state index contributed by atoms with van der Waals surface area (Å²) >= 11 is 0. The number of benzene rings is 8. The van der Waals surface area contributed by atoms with Crippen molar-refractivity contribution >= 4 is 43.7 Å². The molecular weight excluding hydrogens is 721 g/mol. The van der Waals surface area contributed by atoms with Crippen molar-refractivity contribution in [1.29, 1.82) is 0 Å². The Balaban J connectivity index is 1.09. The Bertz CT molecular complexity index is 3470. The van der Waals surface area contributed by atoms with Gasteiger partial charge in [-0.05, 0) is 88.0 Å². The molecule has 0 bridgehead atoms. The van der Waals surface area contributed by atoms with Crippen LogP contribution in [-0.4, -0.2) is 19.5 Å². The van der Waals surface area contributed by atoms with E-state index in [1.165, 1.54) is 55.2 Å². The van der Waals surface area contributed by atoms with Crippen molar-refractivity contribution in [2.45, 2.75) is 19.3 Å². The smallest absolute Gasteiger partial charge is 0.164 e. The topological polar surface area (TPSA) is 56.7 Å². The second kappa shape index (κ2) is 12.7. The largest absolute Gasteiger partial charge is 0.456 e. The summed E-state index contributed by atoms with van der Waals surface area (Å²) in [5.41, 5.74) is 15.0. The Morgan fingerprint density at radius 1 is 0.424 bits per heavy atom. The van der Waals surface area contributed by atoms with E-state index in [9.17, 15) is 0 Å². The first kappa shape index (κ1) is 33.5. The summed E-state index contributed by atoms with van der Waals surface area (Å²) in [5, 5.41) is 4.62. The molecule has 1 aliphatic rings. The minimum absolute atomic E-state index is 0.297. The molecule has 3 heterocycles. The molecule has 8 aromatic carbocycles. The highest BCUT2D eigenvalue weighted by atomic mass is 16.3. The molecule has 0 aliphatic heterocycles. The van der Waals surface area contributed by atoms with Crippen molar-refractivity contribution in [2.24, 2.45) is 0 Å². The molecule has 5 nitrogen and oxygen atoms in total. The molecule has 0 atom stereocenters. The number of fused-ring (bicyclic) bond motifs is 9. The predicted octanol–water partition coefficient (Wildman–Crippen LogP) is 13.8. The number of hydrogen-bond donors (Lipinski definition) is 0. The van der Waals surface area contributed by atoms with Crippen LogP contribution in [0.25, 0.3) is 106 Å². The van der Waals surface area contributed by atoms with Crippen LogP contribution in [0.2, 0.25) is 0 Å². The summed E-state index contributed by atoms with van der Waals surface area (Å²) in [4.78, 5) is 15.7. The van der Waals surface area contributed by atoms with Gasteiger partial charge in [-0.2, -0.15) is 0 Å². The van der Waals surface area contributed by atoms with Crippen LogP contribution >= 0.6 is 0 Å². The Kier molecular flexibility index (Phi) is 7.20. The first-order valence-electron chi connectivity index (χ1n) is 20.1. The van der Waals surface area contributed by atoms with Crippen molar-refractivity contribution in [1.82, 2.24) is 19.5 Å². The number of hydrogen-bond acceptors (Lipinski definition) is 4. The summed E-state index contributed by atoms with van der Waals surface area (Å²) in [6, 6.07) is 64.2. The highest BCUT2D eigenvalue weighted by Gasteiger charge is 2.39. The second-order valence-electron chi connectivity index (χ2n) is 16.0. The monoisotopic (exact) mass is 756 g/mol. The van der Waals surface area contributed by atoms with E-state index in [1.54, 1.807) is 0 Å². The Morgan fingerprint density at radius 3 is 1.90 bits per heavy atom. The summed E-state index contributed by atoms with van der Waals surface area (Å²) < 4.78 is 8.70. The quantitative estimate of drug-likeness (QED) is 0.175. The fourth-order valence-corrected chi connectivity index (χ4v) is 9.54. The van der Waals surface area contributed by atoms with E-state index in [1.807, 2.05) is 36.4 Å². The number of para-hydroxylation sites is 3. The Labute approximate surface area is 340 Å². The third-order valence-electron chi connectivity index (χ3n) is 12.2. The Morgan fingerprint density at radius 2 is 1.05 bits per heavy atom. The molecule has 0 spiro atoms. The first-order valence-corrected chi connectivity index (χ1v) is 20.1. The van der Waals surface area contributed by atoms with E-state index >= 15 is 0 Å². The lowest BCUT2D eigenvalue weighted by atomic mass is 9.78. The lowest BCUT2D eigenvalue weighted by Crippen LogP contribution is -2.16. The number of aromatic nitrogens is 4. The molecule has 0 amide bonds. The second-order valence-corrected chi connectivity index (χ2v) is 16.0. The van der Waals surface area contributed by atoms with Gasteiger partial charge in [0.15, 0.2) is 17.5 Å². The average molecular weight is 757 g/mol. The first-order chi connectivity index (χ1) is 29.0. The van der Waals surface area contributed by atoms with Gasteiger partial charge in [0.25, 0.3) is 0 Å². The molecule has 0 saturated heterocycles. The Hall–Kier alpha value is -7.63. The van der Waals surface area contributed by atoms with E-state index in [0.717, 1.165) is 44.3 Å². The summed E-state index contributed by atoms with van der Waals surface area (Å²) in [6.07, 6.45) is 0. The van der Waals surface area contributed by atoms with Crippen molar-refractivity contribution < 1.29 is 4.42 Å². The van der Waals surface area contributed by atoms with Gasteiger partial charge in [0, 0.05) is 49.3 Å². The van der Waals surface area contributed by atoms with Crippen LogP contribution in [0, 0.1) is 0 Å². The maximum absolute atomic E-state index is 6.32. The van der Waals surface area contributed by atoms with Gasteiger partial charge < -0.3 is 8.98 Å². The molecule has 3 aromatic heterocycles.